The Morgan fingerprint density at radius 2 is 2.05 bits per heavy atom. The lowest BCUT2D eigenvalue weighted by atomic mass is 10.0. The maximum absolute atomic E-state index is 4.17. The Kier molecular flexibility index (Phi) is 5.10. The zero-order valence-corrected chi connectivity index (χ0v) is 12.9. The summed E-state index contributed by atoms with van der Waals surface area (Å²) in [4.78, 5) is 0. The summed E-state index contributed by atoms with van der Waals surface area (Å²) in [6.07, 6.45) is 3.95. The van der Waals surface area contributed by atoms with E-state index in [2.05, 4.69) is 62.7 Å². The summed E-state index contributed by atoms with van der Waals surface area (Å²) in [6, 6.07) is 8.73. The predicted octanol–water partition coefficient (Wildman–Crippen LogP) is 2.86. The lowest BCUT2D eigenvalue weighted by Gasteiger charge is -2.18. The number of benzene rings is 1. The van der Waals surface area contributed by atoms with Crippen molar-refractivity contribution in [1.82, 2.24) is 20.3 Å². The summed E-state index contributed by atoms with van der Waals surface area (Å²) >= 11 is 3.47. The van der Waals surface area contributed by atoms with Crippen LogP contribution in [-0.2, 0) is 13.5 Å². The SMILES string of the molecule is CCCNC(Cc1cn(C)nn1)c1ccc(Br)cc1. The van der Waals surface area contributed by atoms with Crippen LogP contribution < -0.4 is 5.32 Å². The van der Waals surface area contributed by atoms with Gasteiger partial charge in [0.1, 0.15) is 0 Å². The number of aryl methyl sites for hydroxylation is 1. The third-order valence-corrected chi connectivity index (χ3v) is 3.51. The normalized spacial score (nSPS) is 12.6. The summed E-state index contributed by atoms with van der Waals surface area (Å²) in [6.45, 7) is 3.18. The van der Waals surface area contributed by atoms with Crippen molar-refractivity contribution in [1.29, 1.82) is 0 Å². The third kappa shape index (κ3) is 4.14. The molecular weight excluding hydrogens is 304 g/mol. The first kappa shape index (κ1) is 14.2. The smallest absolute Gasteiger partial charge is 0.0845 e. The average Bonchev–Trinajstić information content (AvgIpc) is 2.81. The van der Waals surface area contributed by atoms with Crippen molar-refractivity contribution in [3.63, 3.8) is 0 Å². The molecule has 1 heterocycles. The molecule has 0 spiro atoms. The first-order chi connectivity index (χ1) is 9.19. The zero-order valence-electron chi connectivity index (χ0n) is 11.3. The molecule has 19 heavy (non-hydrogen) atoms. The highest BCUT2D eigenvalue weighted by Gasteiger charge is 2.13. The molecule has 2 aromatic rings. The monoisotopic (exact) mass is 322 g/mol. The number of halogens is 1. The fourth-order valence-electron chi connectivity index (χ4n) is 2.02. The second kappa shape index (κ2) is 6.82. The van der Waals surface area contributed by atoms with Crippen molar-refractivity contribution in [3.8, 4) is 0 Å². The molecule has 2 rings (SSSR count). The molecule has 1 aromatic carbocycles. The molecule has 0 aliphatic heterocycles. The Morgan fingerprint density at radius 1 is 1.32 bits per heavy atom. The maximum atomic E-state index is 4.17. The van der Waals surface area contributed by atoms with Crippen LogP contribution >= 0.6 is 15.9 Å². The summed E-state index contributed by atoms with van der Waals surface area (Å²) in [5.41, 5.74) is 2.29. The summed E-state index contributed by atoms with van der Waals surface area (Å²) < 4.78 is 2.85. The highest BCUT2D eigenvalue weighted by Crippen LogP contribution is 2.20. The lowest BCUT2D eigenvalue weighted by molar-refractivity contribution is 0.524. The predicted molar refractivity (Wildman–Crippen MR) is 79.9 cm³/mol. The number of hydrogen-bond donors (Lipinski definition) is 1. The van der Waals surface area contributed by atoms with Gasteiger partial charge in [0.05, 0.1) is 5.69 Å². The van der Waals surface area contributed by atoms with Gasteiger partial charge < -0.3 is 5.32 Å². The first-order valence-electron chi connectivity index (χ1n) is 6.53. The average molecular weight is 323 g/mol. The van der Waals surface area contributed by atoms with Crippen molar-refractivity contribution < 1.29 is 0 Å². The van der Waals surface area contributed by atoms with E-state index in [0.717, 1.165) is 29.6 Å². The third-order valence-electron chi connectivity index (χ3n) is 2.98. The van der Waals surface area contributed by atoms with Crippen LogP contribution in [0.4, 0.5) is 0 Å². The Hall–Kier alpha value is -1.20. The number of nitrogens with one attached hydrogen (secondary N) is 1. The van der Waals surface area contributed by atoms with Crippen molar-refractivity contribution in [3.05, 3.63) is 46.2 Å². The Labute approximate surface area is 122 Å². The van der Waals surface area contributed by atoms with Gasteiger partial charge in [-0.1, -0.05) is 40.2 Å². The molecule has 0 fully saturated rings. The maximum Gasteiger partial charge on any atom is 0.0845 e. The number of nitrogens with zero attached hydrogens (tertiary/aromatic N) is 3. The zero-order chi connectivity index (χ0) is 13.7. The highest BCUT2D eigenvalue weighted by molar-refractivity contribution is 9.10. The molecule has 5 heteroatoms. The van der Waals surface area contributed by atoms with E-state index in [0.29, 0.717) is 0 Å². The van der Waals surface area contributed by atoms with Crippen molar-refractivity contribution >= 4 is 15.9 Å². The van der Waals surface area contributed by atoms with Crippen molar-refractivity contribution in [2.24, 2.45) is 7.05 Å². The van der Waals surface area contributed by atoms with Gasteiger partial charge in [0.25, 0.3) is 0 Å². The topological polar surface area (TPSA) is 42.7 Å². The number of rotatable bonds is 6. The van der Waals surface area contributed by atoms with Gasteiger partial charge in [-0.3, -0.25) is 4.68 Å². The van der Waals surface area contributed by atoms with E-state index in [1.54, 1.807) is 4.68 Å². The molecule has 1 N–H and O–H groups in total. The summed E-state index contributed by atoms with van der Waals surface area (Å²) in [5, 5.41) is 11.7. The largest absolute Gasteiger partial charge is 0.310 e. The quantitative estimate of drug-likeness (QED) is 0.889. The second-order valence-electron chi connectivity index (χ2n) is 4.65. The van der Waals surface area contributed by atoms with Gasteiger partial charge in [0.2, 0.25) is 0 Å². The fourth-order valence-corrected chi connectivity index (χ4v) is 2.28. The van der Waals surface area contributed by atoms with E-state index in [1.165, 1.54) is 5.56 Å². The summed E-state index contributed by atoms with van der Waals surface area (Å²) in [7, 11) is 1.89. The molecule has 1 unspecified atom stereocenters. The van der Waals surface area contributed by atoms with Gasteiger partial charge >= 0.3 is 0 Å². The van der Waals surface area contributed by atoms with Gasteiger partial charge in [0, 0.05) is 30.2 Å². The number of hydrogen-bond acceptors (Lipinski definition) is 3. The Morgan fingerprint density at radius 3 is 2.63 bits per heavy atom. The van der Waals surface area contributed by atoms with Crippen LogP contribution in [0.5, 0.6) is 0 Å². The van der Waals surface area contributed by atoms with Gasteiger partial charge in [-0.2, -0.15) is 0 Å². The van der Waals surface area contributed by atoms with Gasteiger partial charge in [-0.25, -0.2) is 0 Å². The molecule has 0 saturated carbocycles. The highest BCUT2D eigenvalue weighted by atomic mass is 79.9. The molecule has 102 valence electrons. The van der Waals surface area contributed by atoms with Crippen LogP contribution in [0.25, 0.3) is 0 Å². The van der Waals surface area contributed by atoms with Crippen LogP contribution in [0.15, 0.2) is 34.9 Å². The minimum Gasteiger partial charge on any atom is -0.310 e. The minimum atomic E-state index is 0.282. The first-order valence-corrected chi connectivity index (χ1v) is 7.32. The van der Waals surface area contributed by atoms with Crippen LogP contribution in [0.3, 0.4) is 0 Å². The van der Waals surface area contributed by atoms with Gasteiger partial charge in [-0.15, -0.1) is 5.10 Å². The van der Waals surface area contributed by atoms with E-state index < -0.39 is 0 Å². The minimum absolute atomic E-state index is 0.282. The van der Waals surface area contributed by atoms with E-state index in [9.17, 15) is 0 Å². The standard InChI is InChI=1S/C14H19BrN4/c1-3-8-16-14(9-13-10-19(2)18-17-13)11-4-6-12(15)7-5-11/h4-7,10,14,16H,3,8-9H2,1-2H3. The van der Waals surface area contributed by atoms with Crippen LogP contribution in [0.2, 0.25) is 0 Å². The molecule has 1 atom stereocenters. The molecule has 0 bridgehead atoms. The molecule has 0 amide bonds. The molecule has 4 nitrogen and oxygen atoms in total. The lowest BCUT2D eigenvalue weighted by Crippen LogP contribution is -2.24. The molecular formula is C14H19BrN4. The molecule has 0 saturated heterocycles. The van der Waals surface area contributed by atoms with Gasteiger partial charge in [-0.05, 0) is 30.7 Å². The Balaban J connectivity index is 2.13. The van der Waals surface area contributed by atoms with Crippen molar-refractivity contribution in [2.75, 3.05) is 6.54 Å². The fraction of sp³-hybridized carbons (Fsp3) is 0.429. The molecule has 1 aromatic heterocycles. The van der Waals surface area contributed by atoms with Crippen LogP contribution in [0, 0.1) is 0 Å². The van der Waals surface area contributed by atoms with E-state index in [-0.39, 0.29) is 6.04 Å². The van der Waals surface area contributed by atoms with Crippen LogP contribution in [0.1, 0.15) is 30.6 Å². The van der Waals surface area contributed by atoms with Crippen molar-refractivity contribution in [2.45, 2.75) is 25.8 Å². The van der Waals surface area contributed by atoms with E-state index >= 15 is 0 Å². The van der Waals surface area contributed by atoms with E-state index in [4.69, 9.17) is 0 Å². The van der Waals surface area contributed by atoms with E-state index in [1.807, 2.05) is 13.2 Å². The second-order valence-corrected chi connectivity index (χ2v) is 5.56. The molecule has 0 radical (unpaired) electrons. The van der Waals surface area contributed by atoms with Gasteiger partial charge in [0.15, 0.2) is 0 Å². The molecule has 0 aliphatic rings. The molecule has 0 aliphatic carbocycles. The Bertz CT molecular complexity index is 506. The number of aromatic nitrogens is 3. The van der Waals surface area contributed by atoms with Crippen LogP contribution in [-0.4, -0.2) is 21.5 Å². The summed E-state index contributed by atoms with van der Waals surface area (Å²) in [5.74, 6) is 0.